The van der Waals surface area contributed by atoms with Crippen LogP contribution in [0.15, 0.2) is 89.9 Å². The molecule has 3 aromatic carbocycles. The number of hydrogen-bond acceptors (Lipinski definition) is 4. The van der Waals surface area contributed by atoms with Crippen molar-refractivity contribution in [3.63, 3.8) is 0 Å². The number of aliphatic imine (C=N–C) groups is 1. The number of carbonyl (C=O) groups is 1. The molecular formula is C27H28N2O2S. The molecule has 0 bridgehead atoms. The number of carbonyl (C=O) groups excluding carboxylic acids is 1. The van der Waals surface area contributed by atoms with E-state index in [1.165, 1.54) is 0 Å². The lowest BCUT2D eigenvalue weighted by Gasteiger charge is -2.25. The molecular weight excluding hydrogens is 416 g/mol. The van der Waals surface area contributed by atoms with Crippen molar-refractivity contribution in [2.24, 2.45) is 4.99 Å². The highest BCUT2D eigenvalue weighted by Crippen LogP contribution is 2.35. The molecule has 3 aromatic rings. The molecule has 1 fully saturated rings. The number of benzene rings is 3. The summed E-state index contributed by atoms with van der Waals surface area (Å²) >= 11 is 1.63. The van der Waals surface area contributed by atoms with Gasteiger partial charge >= 0.3 is 0 Å². The smallest absolute Gasteiger partial charge is 0.229 e. The van der Waals surface area contributed by atoms with Gasteiger partial charge in [0.25, 0.3) is 0 Å². The Kier molecular flexibility index (Phi) is 7.28. The van der Waals surface area contributed by atoms with E-state index in [2.05, 4.69) is 31.2 Å². The fourth-order valence-corrected chi connectivity index (χ4v) is 5.09. The van der Waals surface area contributed by atoms with Gasteiger partial charge in [-0.3, -0.25) is 9.69 Å². The number of nitrogens with zero attached hydrogens (tertiary/aromatic N) is 2. The van der Waals surface area contributed by atoms with E-state index >= 15 is 0 Å². The van der Waals surface area contributed by atoms with Crippen molar-refractivity contribution in [2.45, 2.75) is 32.2 Å². The molecule has 1 atom stereocenters. The third kappa shape index (κ3) is 5.05. The molecule has 0 radical (unpaired) electrons. The van der Waals surface area contributed by atoms with Crippen LogP contribution >= 0.6 is 11.8 Å². The van der Waals surface area contributed by atoms with Gasteiger partial charge in [-0.15, -0.1) is 0 Å². The van der Waals surface area contributed by atoms with Gasteiger partial charge in [0.2, 0.25) is 5.91 Å². The summed E-state index contributed by atoms with van der Waals surface area (Å²) in [6.07, 6.45) is 0.394. The average Bonchev–Trinajstić information content (AvgIpc) is 3.20. The van der Waals surface area contributed by atoms with Crippen molar-refractivity contribution in [3.05, 3.63) is 96.1 Å². The molecule has 1 heterocycles. The SMILES string of the molecule is CCOc1ccccc1N=C1SCC(C)N1C(=O)CC(c1ccccc1)c1ccccc1. The Hall–Kier alpha value is -3.05. The normalized spacial score (nSPS) is 17.2. The maximum Gasteiger partial charge on any atom is 0.229 e. The number of amides is 1. The van der Waals surface area contributed by atoms with E-state index in [4.69, 9.17) is 9.73 Å². The Bertz CT molecular complexity index is 1030. The molecule has 164 valence electrons. The van der Waals surface area contributed by atoms with Gasteiger partial charge in [-0.2, -0.15) is 0 Å². The van der Waals surface area contributed by atoms with E-state index in [9.17, 15) is 4.79 Å². The van der Waals surface area contributed by atoms with Crippen molar-refractivity contribution in [3.8, 4) is 5.75 Å². The summed E-state index contributed by atoms with van der Waals surface area (Å²) < 4.78 is 5.73. The van der Waals surface area contributed by atoms with Crippen LogP contribution in [-0.4, -0.2) is 34.4 Å². The minimum absolute atomic E-state index is 0.000314. The van der Waals surface area contributed by atoms with Crippen LogP contribution in [0.5, 0.6) is 5.75 Å². The van der Waals surface area contributed by atoms with Crippen LogP contribution in [0, 0.1) is 0 Å². The Morgan fingerprint density at radius 1 is 1.00 bits per heavy atom. The van der Waals surface area contributed by atoms with Crippen molar-refractivity contribution in [2.75, 3.05) is 12.4 Å². The zero-order chi connectivity index (χ0) is 22.3. The van der Waals surface area contributed by atoms with Crippen LogP contribution in [0.3, 0.4) is 0 Å². The quantitative estimate of drug-likeness (QED) is 0.432. The van der Waals surface area contributed by atoms with Crippen molar-refractivity contribution in [1.29, 1.82) is 0 Å². The van der Waals surface area contributed by atoms with Gasteiger partial charge in [0.15, 0.2) is 5.17 Å². The standard InChI is InChI=1S/C27H28N2O2S/c1-3-31-25-17-11-10-16-24(25)28-27-29(20(2)19-32-27)26(30)18-23(21-12-6-4-7-13-21)22-14-8-5-9-15-22/h4-17,20,23H,3,18-19H2,1-2H3. The van der Waals surface area contributed by atoms with E-state index in [0.717, 1.165) is 33.5 Å². The topological polar surface area (TPSA) is 41.9 Å². The molecule has 1 saturated heterocycles. The molecule has 1 aliphatic heterocycles. The molecule has 1 aliphatic rings. The number of rotatable bonds is 7. The first-order valence-electron chi connectivity index (χ1n) is 11.0. The first kappa shape index (κ1) is 22.2. The molecule has 0 aliphatic carbocycles. The number of amidine groups is 1. The van der Waals surface area contributed by atoms with Crippen molar-refractivity contribution < 1.29 is 9.53 Å². The monoisotopic (exact) mass is 444 g/mol. The third-order valence-electron chi connectivity index (χ3n) is 5.53. The first-order valence-corrected chi connectivity index (χ1v) is 12.0. The fourth-order valence-electron chi connectivity index (χ4n) is 3.97. The molecule has 0 saturated carbocycles. The Morgan fingerprint density at radius 2 is 1.59 bits per heavy atom. The van der Waals surface area contributed by atoms with E-state index in [1.54, 1.807) is 11.8 Å². The zero-order valence-corrected chi connectivity index (χ0v) is 19.3. The number of ether oxygens (including phenoxy) is 1. The second kappa shape index (κ2) is 10.5. The molecule has 0 aromatic heterocycles. The number of thioether (sulfide) groups is 1. The minimum Gasteiger partial charge on any atom is -0.492 e. The molecule has 5 heteroatoms. The molecule has 0 spiro atoms. The lowest BCUT2D eigenvalue weighted by atomic mass is 9.88. The Labute approximate surface area is 194 Å². The van der Waals surface area contributed by atoms with Crippen LogP contribution in [0.2, 0.25) is 0 Å². The van der Waals surface area contributed by atoms with Gasteiger partial charge in [-0.25, -0.2) is 4.99 Å². The first-order chi connectivity index (χ1) is 15.7. The highest BCUT2D eigenvalue weighted by atomic mass is 32.2. The fraction of sp³-hybridized carbons (Fsp3) is 0.259. The second-order valence-electron chi connectivity index (χ2n) is 7.80. The summed E-state index contributed by atoms with van der Waals surface area (Å²) in [4.78, 5) is 20.3. The lowest BCUT2D eigenvalue weighted by molar-refractivity contribution is -0.128. The summed E-state index contributed by atoms with van der Waals surface area (Å²) in [7, 11) is 0. The summed E-state index contributed by atoms with van der Waals surface area (Å²) in [5, 5.41) is 0.745. The number of para-hydroxylation sites is 2. The predicted octanol–water partition coefficient (Wildman–Crippen LogP) is 6.26. The van der Waals surface area contributed by atoms with Gasteiger partial charge < -0.3 is 4.74 Å². The summed E-state index contributed by atoms with van der Waals surface area (Å²) in [5.41, 5.74) is 3.05. The summed E-state index contributed by atoms with van der Waals surface area (Å²) in [6, 6.07) is 28.3. The van der Waals surface area contributed by atoms with E-state index < -0.39 is 0 Å². The van der Waals surface area contributed by atoms with E-state index in [0.29, 0.717) is 13.0 Å². The van der Waals surface area contributed by atoms with Gasteiger partial charge in [0.1, 0.15) is 11.4 Å². The molecule has 1 amide bonds. The second-order valence-corrected chi connectivity index (χ2v) is 8.78. The molecule has 0 N–H and O–H groups in total. The van der Waals surface area contributed by atoms with Crippen molar-refractivity contribution in [1.82, 2.24) is 4.90 Å². The highest BCUT2D eigenvalue weighted by Gasteiger charge is 2.34. The van der Waals surface area contributed by atoms with Crippen LogP contribution in [-0.2, 0) is 4.79 Å². The van der Waals surface area contributed by atoms with Gasteiger partial charge in [0, 0.05) is 24.1 Å². The number of hydrogen-bond donors (Lipinski definition) is 0. The molecule has 4 rings (SSSR count). The largest absolute Gasteiger partial charge is 0.492 e. The van der Waals surface area contributed by atoms with Crippen LogP contribution in [0.25, 0.3) is 0 Å². The predicted molar refractivity (Wildman–Crippen MR) is 133 cm³/mol. The average molecular weight is 445 g/mol. The zero-order valence-electron chi connectivity index (χ0n) is 18.5. The van der Waals surface area contributed by atoms with E-state index in [-0.39, 0.29) is 17.9 Å². The highest BCUT2D eigenvalue weighted by molar-refractivity contribution is 8.14. The third-order valence-corrected chi connectivity index (χ3v) is 6.73. The summed E-state index contributed by atoms with van der Waals surface area (Å²) in [5.74, 6) is 1.66. The maximum atomic E-state index is 13.6. The van der Waals surface area contributed by atoms with Crippen LogP contribution in [0.1, 0.15) is 37.3 Å². The van der Waals surface area contributed by atoms with Crippen LogP contribution in [0.4, 0.5) is 5.69 Å². The lowest BCUT2D eigenvalue weighted by Crippen LogP contribution is -2.38. The van der Waals surface area contributed by atoms with Gasteiger partial charge in [-0.1, -0.05) is 84.6 Å². The van der Waals surface area contributed by atoms with Crippen LogP contribution < -0.4 is 4.74 Å². The maximum absolute atomic E-state index is 13.6. The molecule has 1 unspecified atom stereocenters. The summed E-state index contributed by atoms with van der Waals surface area (Å²) in [6.45, 7) is 4.62. The van der Waals surface area contributed by atoms with E-state index in [1.807, 2.05) is 72.5 Å². The minimum atomic E-state index is -0.000314. The Morgan fingerprint density at radius 3 is 2.22 bits per heavy atom. The molecule has 32 heavy (non-hydrogen) atoms. The molecule has 4 nitrogen and oxygen atoms in total. The van der Waals surface area contributed by atoms with Gasteiger partial charge in [-0.05, 0) is 37.1 Å². The Balaban J connectivity index is 1.63. The van der Waals surface area contributed by atoms with Crippen molar-refractivity contribution >= 4 is 28.5 Å². The van der Waals surface area contributed by atoms with Gasteiger partial charge in [0.05, 0.1) is 6.61 Å².